The molecule has 7 nitrogen and oxygen atoms in total. The van der Waals surface area contributed by atoms with Crippen LogP contribution in [0.5, 0.6) is 0 Å². The van der Waals surface area contributed by atoms with E-state index in [-0.39, 0.29) is 11.7 Å². The van der Waals surface area contributed by atoms with Crippen LogP contribution < -0.4 is 5.73 Å². The zero-order chi connectivity index (χ0) is 17.1. The summed E-state index contributed by atoms with van der Waals surface area (Å²) in [5, 5.41) is 10.2. The molecule has 0 aliphatic carbocycles. The first-order valence-electron chi connectivity index (χ1n) is 7.10. The number of nitrogens with one attached hydrogen (secondary N) is 1. The molecule has 120 valence electrons. The molecular formula is C17H14N4O3. The van der Waals surface area contributed by atoms with Crippen molar-refractivity contribution in [2.24, 2.45) is 5.73 Å². The minimum absolute atomic E-state index is 0.0909. The lowest BCUT2D eigenvalue weighted by Crippen LogP contribution is -2.12. The molecule has 0 atom stereocenters. The number of esters is 1. The summed E-state index contributed by atoms with van der Waals surface area (Å²) in [6.07, 6.45) is 0. The number of carbonyl (C=O) groups excluding carboxylic acids is 2. The number of nitrogens with zero attached hydrogens (tertiary/aromatic N) is 2. The Morgan fingerprint density at radius 3 is 2.38 bits per heavy atom. The zero-order valence-electron chi connectivity index (χ0n) is 12.8. The lowest BCUT2D eigenvalue weighted by atomic mass is 10.00. The highest BCUT2D eigenvalue weighted by Crippen LogP contribution is 2.26. The molecule has 0 radical (unpaired) electrons. The summed E-state index contributed by atoms with van der Waals surface area (Å²) in [5.74, 6) is -1.03. The van der Waals surface area contributed by atoms with Gasteiger partial charge < -0.3 is 10.5 Å². The van der Waals surface area contributed by atoms with Crippen LogP contribution in [0.3, 0.4) is 0 Å². The van der Waals surface area contributed by atoms with Crippen LogP contribution in [0.25, 0.3) is 22.4 Å². The van der Waals surface area contributed by atoms with Gasteiger partial charge in [0.2, 0.25) is 0 Å². The van der Waals surface area contributed by atoms with Crippen molar-refractivity contribution in [3.63, 3.8) is 0 Å². The lowest BCUT2D eigenvalue weighted by molar-refractivity contribution is 0.0600. The Morgan fingerprint density at radius 1 is 1.00 bits per heavy atom. The van der Waals surface area contributed by atoms with Gasteiger partial charge in [0.25, 0.3) is 5.91 Å². The number of hydrogen-bond acceptors (Lipinski definition) is 5. The highest BCUT2D eigenvalue weighted by Gasteiger charge is 2.15. The maximum absolute atomic E-state index is 11.5. The van der Waals surface area contributed by atoms with Crippen molar-refractivity contribution in [3.05, 3.63) is 59.8 Å². The first kappa shape index (κ1) is 15.4. The molecule has 24 heavy (non-hydrogen) atoms. The minimum atomic E-state index is -0.647. The zero-order valence-corrected chi connectivity index (χ0v) is 12.8. The predicted molar refractivity (Wildman–Crippen MR) is 87.1 cm³/mol. The molecule has 1 aromatic heterocycles. The van der Waals surface area contributed by atoms with Crippen LogP contribution in [0.1, 0.15) is 20.8 Å². The van der Waals surface area contributed by atoms with Gasteiger partial charge in [-0.25, -0.2) is 4.79 Å². The van der Waals surface area contributed by atoms with Crippen molar-refractivity contribution in [3.8, 4) is 22.4 Å². The fourth-order valence-electron chi connectivity index (χ4n) is 2.37. The van der Waals surface area contributed by atoms with Crippen LogP contribution in [0.4, 0.5) is 0 Å². The number of aromatic nitrogens is 3. The molecule has 3 rings (SSSR count). The number of amides is 1. The van der Waals surface area contributed by atoms with Gasteiger partial charge in [-0.2, -0.15) is 15.4 Å². The normalized spacial score (nSPS) is 10.4. The number of ether oxygens (including phenoxy) is 1. The second-order valence-electron chi connectivity index (χ2n) is 5.03. The number of hydrogen-bond donors (Lipinski definition) is 2. The molecule has 0 bridgehead atoms. The number of methoxy groups -OCH3 is 1. The molecule has 1 amide bonds. The molecule has 0 saturated heterocycles. The fraction of sp³-hybridized carbons (Fsp3) is 0.0588. The summed E-state index contributed by atoms with van der Waals surface area (Å²) in [4.78, 5) is 22.9. The van der Waals surface area contributed by atoms with Crippen LogP contribution in [0.15, 0.2) is 48.5 Å². The van der Waals surface area contributed by atoms with Crippen molar-refractivity contribution >= 4 is 11.9 Å². The van der Waals surface area contributed by atoms with Gasteiger partial charge in [-0.3, -0.25) is 4.79 Å². The van der Waals surface area contributed by atoms with E-state index < -0.39 is 5.91 Å². The molecule has 0 aliphatic rings. The van der Waals surface area contributed by atoms with Crippen molar-refractivity contribution in [2.45, 2.75) is 0 Å². The molecule has 0 fully saturated rings. The molecule has 0 unspecified atom stereocenters. The Labute approximate surface area is 137 Å². The van der Waals surface area contributed by atoms with Gasteiger partial charge in [0, 0.05) is 5.56 Å². The molecule has 0 spiro atoms. The third-order valence-electron chi connectivity index (χ3n) is 3.56. The van der Waals surface area contributed by atoms with Crippen molar-refractivity contribution in [1.82, 2.24) is 15.4 Å². The maximum Gasteiger partial charge on any atom is 0.337 e. The SMILES string of the molecule is COC(=O)c1ccc(-c2cccc(-c3n[nH]nc3C(N)=O)c2)cc1. The van der Waals surface area contributed by atoms with Gasteiger partial charge in [-0.1, -0.05) is 30.3 Å². The molecular weight excluding hydrogens is 308 g/mol. The highest BCUT2D eigenvalue weighted by atomic mass is 16.5. The van der Waals surface area contributed by atoms with Crippen molar-refractivity contribution in [1.29, 1.82) is 0 Å². The van der Waals surface area contributed by atoms with E-state index in [4.69, 9.17) is 5.73 Å². The largest absolute Gasteiger partial charge is 0.465 e. The van der Waals surface area contributed by atoms with E-state index in [9.17, 15) is 9.59 Å². The van der Waals surface area contributed by atoms with E-state index in [0.717, 1.165) is 11.1 Å². The molecule has 0 aliphatic heterocycles. The summed E-state index contributed by atoms with van der Waals surface area (Å²) >= 11 is 0. The average Bonchev–Trinajstić information content (AvgIpc) is 3.11. The van der Waals surface area contributed by atoms with Gasteiger partial charge in [0.05, 0.1) is 12.7 Å². The number of H-pyrrole nitrogens is 1. The van der Waals surface area contributed by atoms with Gasteiger partial charge in [0.1, 0.15) is 5.69 Å². The van der Waals surface area contributed by atoms with E-state index in [1.165, 1.54) is 7.11 Å². The quantitative estimate of drug-likeness (QED) is 0.714. The molecule has 1 heterocycles. The van der Waals surface area contributed by atoms with Crippen molar-refractivity contribution < 1.29 is 14.3 Å². The topological polar surface area (TPSA) is 111 Å². The fourth-order valence-corrected chi connectivity index (χ4v) is 2.37. The monoisotopic (exact) mass is 322 g/mol. The summed E-state index contributed by atoms with van der Waals surface area (Å²) in [6, 6.07) is 14.5. The van der Waals surface area contributed by atoms with Gasteiger partial charge in [-0.05, 0) is 29.3 Å². The second-order valence-corrected chi connectivity index (χ2v) is 5.03. The summed E-state index contributed by atoms with van der Waals surface area (Å²) in [5.41, 5.74) is 8.80. The number of nitrogens with two attached hydrogens (primary N) is 1. The van der Waals surface area contributed by atoms with E-state index in [1.54, 1.807) is 12.1 Å². The standard InChI is InChI=1S/C17H14N4O3/c1-24-17(23)11-7-5-10(6-8-11)12-3-2-4-13(9-12)14-15(16(18)22)20-21-19-14/h2-9H,1H3,(H2,18,22)(H,19,20,21). The number of primary amides is 1. The van der Waals surface area contributed by atoms with E-state index in [0.29, 0.717) is 16.8 Å². The number of benzene rings is 2. The van der Waals surface area contributed by atoms with Crippen LogP contribution in [0, 0.1) is 0 Å². The van der Waals surface area contributed by atoms with E-state index in [1.807, 2.05) is 36.4 Å². The Bertz CT molecular complexity index is 900. The third-order valence-corrected chi connectivity index (χ3v) is 3.56. The first-order valence-corrected chi connectivity index (χ1v) is 7.10. The smallest absolute Gasteiger partial charge is 0.337 e. The minimum Gasteiger partial charge on any atom is -0.465 e. The number of carbonyl (C=O) groups is 2. The Morgan fingerprint density at radius 2 is 1.71 bits per heavy atom. The van der Waals surface area contributed by atoms with E-state index in [2.05, 4.69) is 20.1 Å². The molecule has 0 saturated carbocycles. The molecule has 2 aromatic carbocycles. The third kappa shape index (κ3) is 2.87. The Kier molecular flexibility index (Phi) is 4.07. The predicted octanol–water partition coefficient (Wildman–Crippen LogP) is 2.02. The Balaban J connectivity index is 1.97. The van der Waals surface area contributed by atoms with Crippen molar-refractivity contribution in [2.75, 3.05) is 7.11 Å². The lowest BCUT2D eigenvalue weighted by Gasteiger charge is -2.06. The van der Waals surface area contributed by atoms with E-state index >= 15 is 0 Å². The van der Waals surface area contributed by atoms with Crippen LogP contribution in [0.2, 0.25) is 0 Å². The summed E-state index contributed by atoms with van der Waals surface area (Å²) in [6.45, 7) is 0. The average molecular weight is 322 g/mol. The van der Waals surface area contributed by atoms with Crippen LogP contribution in [-0.4, -0.2) is 34.4 Å². The second kappa shape index (κ2) is 6.33. The maximum atomic E-state index is 11.5. The number of rotatable bonds is 4. The van der Waals surface area contributed by atoms with Crippen LogP contribution in [-0.2, 0) is 4.74 Å². The summed E-state index contributed by atoms with van der Waals surface area (Å²) < 4.78 is 4.68. The first-order chi connectivity index (χ1) is 11.6. The molecule has 3 N–H and O–H groups in total. The summed E-state index contributed by atoms with van der Waals surface area (Å²) in [7, 11) is 1.34. The van der Waals surface area contributed by atoms with Gasteiger partial charge in [-0.15, -0.1) is 0 Å². The van der Waals surface area contributed by atoms with Gasteiger partial charge in [0.15, 0.2) is 5.69 Å². The highest BCUT2D eigenvalue weighted by molar-refractivity contribution is 5.97. The molecule has 7 heteroatoms. The van der Waals surface area contributed by atoms with Gasteiger partial charge >= 0.3 is 5.97 Å². The van der Waals surface area contributed by atoms with Crippen LogP contribution >= 0.6 is 0 Å². The number of aromatic amines is 1. The Hall–Kier alpha value is -3.48. The molecule has 3 aromatic rings.